The average molecular weight is 749 g/mol. The van der Waals surface area contributed by atoms with Gasteiger partial charge in [-0.25, -0.2) is 9.59 Å². The minimum atomic E-state index is -0.765. The van der Waals surface area contributed by atoms with Gasteiger partial charge < -0.3 is 23.7 Å². The number of esters is 2. The number of ether oxygens (including phenoxy) is 5. The lowest BCUT2D eigenvalue weighted by Crippen LogP contribution is -2.48. The van der Waals surface area contributed by atoms with Gasteiger partial charge in [-0.2, -0.15) is 0 Å². The molecule has 3 heterocycles. The van der Waals surface area contributed by atoms with Gasteiger partial charge in [-0.15, -0.1) is 0 Å². The van der Waals surface area contributed by atoms with E-state index >= 15 is 0 Å². The van der Waals surface area contributed by atoms with E-state index in [1.165, 1.54) is 32.3 Å². The van der Waals surface area contributed by atoms with Crippen LogP contribution in [-0.2, 0) is 27.2 Å². The molecule has 0 saturated carbocycles. The Bertz CT molecular complexity index is 1830. The van der Waals surface area contributed by atoms with E-state index < -0.39 is 18.1 Å². The fourth-order valence-corrected chi connectivity index (χ4v) is 7.58. The monoisotopic (exact) mass is 747 g/mol. The highest BCUT2D eigenvalue weighted by molar-refractivity contribution is 6.35. The van der Waals surface area contributed by atoms with Crippen LogP contribution >= 0.6 is 23.2 Å². The molecule has 1 N–H and O–H groups in total. The molecule has 2 aliphatic heterocycles. The molecule has 2 bridgehead atoms. The van der Waals surface area contributed by atoms with Crippen LogP contribution < -0.4 is 19.5 Å². The number of halogens is 2. The van der Waals surface area contributed by atoms with Crippen molar-refractivity contribution in [1.82, 2.24) is 15.2 Å². The molecule has 3 aromatic carbocycles. The first-order valence-electron chi connectivity index (χ1n) is 17.3. The SMILES string of the molecule is COc1ccc([C@H](Cc2c(Cl)cncc2Cl)OC(=O)c2ccc(CNC(C(=O)O[C@@H]3CC4CCCN(C4)C3)c3ccccc3OC)cc2)cc1OC. The van der Waals surface area contributed by atoms with E-state index in [0.29, 0.717) is 62.0 Å². The Morgan fingerprint density at radius 3 is 2.35 bits per heavy atom. The zero-order chi connectivity index (χ0) is 36.6. The van der Waals surface area contributed by atoms with E-state index in [2.05, 4.69) is 15.2 Å². The summed E-state index contributed by atoms with van der Waals surface area (Å²) in [6.45, 7) is 3.22. The van der Waals surface area contributed by atoms with E-state index in [1.807, 2.05) is 36.4 Å². The summed E-state index contributed by atoms with van der Waals surface area (Å²) in [6.07, 6.45) is 5.54. The summed E-state index contributed by atoms with van der Waals surface area (Å²) in [7, 11) is 4.68. The number of hydrogen-bond acceptors (Lipinski definition) is 10. The zero-order valence-corrected chi connectivity index (χ0v) is 31.0. The van der Waals surface area contributed by atoms with E-state index in [-0.39, 0.29) is 18.5 Å². The lowest BCUT2D eigenvalue weighted by Gasteiger charge is -2.41. The van der Waals surface area contributed by atoms with Crippen molar-refractivity contribution in [2.75, 3.05) is 41.0 Å². The van der Waals surface area contributed by atoms with Crippen molar-refractivity contribution in [3.05, 3.63) is 117 Å². The third-order valence-electron chi connectivity index (χ3n) is 9.70. The fourth-order valence-electron chi connectivity index (χ4n) is 7.06. The average Bonchev–Trinajstić information content (AvgIpc) is 3.15. The minimum Gasteiger partial charge on any atom is -0.496 e. The molecule has 2 fully saturated rings. The maximum atomic E-state index is 13.8. The number of carbonyl (C=O) groups is 2. The number of benzene rings is 3. The second-order valence-electron chi connectivity index (χ2n) is 13.1. The third-order valence-corrected chi connectivity index (χ3v) is 10.4. The van der Waals surface area contributed by atoms with E-state index in [0.717, 1.165) is 31.6 Å². The van der Waals surface area contributed by atoms with Gasteiger partial charge in [0.05, 0.1) is 36.9 Å². The normalized spacial score (nSPS) is 19.2. The van der Waals surface area contributed by atoms with Crippen molar-refractivity contribution in [3.63, 3.8) is 0 Å². The first-order chi connectivity index (χ1) is 25.3. The molecule has 2 aliphatic rings. The highest BCUT2D eigenvalue weighted by Gasteiger charge is 2.34. The van der Waals surface area contributed by atoms with E-state index in [4.69, 9.17) is 46.9 Å². The third kappa shape index (κ3) is 8.98. The minimum absolute atomic E-state index is 0.149. The Morgan fingerprint density at radius 2 is 1.63 bits per heavy atom. The van der Waals surface area contributed by atoms with Crippen LogP contribution in [-0.4, -0.2) is 68.9 Å². The maximum Gasteiger partial charge on any atom is 0.338 e. The molecule has 2 saturated heterocycles. The number of para-hydroxylation sites is 1. The summed E-state index contributed by atoms with van der Waals surface area (Å²) < 4.78 is 28.8. The molecule has 5 atom stereocenters. The molecule has 0 spiro atoms. The van der Waals surface area contributed by atoms with Crippen LogP contribution in [0.1, 0.15) is 64.0 Å². The first kappa shape index (κ1) is 37.4. The molecule has 0 aliphatic carbocycles. The highest BCUT2D eigenvalue weighted by atomic mass is 35.5. The van der Waals surface area contributed by atoms with Gasteiger partial charge in [0.2, 0.25) is 0 Å². The fraction of sp³-hybridized carbons (Fsp3) is 0.375. The smallest absolute Gasteiger partial charge is 0.338 e. The summed E-state index contributed by atoms with van der Waals surface area (Å²) in [4.78, 5) is 33.8. The van der Waals surface area contributed by atoms with E-state index in [1.54, 1.807) is 44.6 Å². The number of rotatable bonds is 14. The quantitative estimate of drug-likeness (QED) is 0.131. The van der Waals surface area contributed by atoms with Crippen LogP contribution in [0.4, 0.5) is 0 Å². The summed E-state index contributed by atoms with van der Waals surface area (Å²) >= 11 is 12.9. The van der Waals surface area contributed by atoms with E-state index in [9.17, 15) is 9.59 Å². The van der Waals surface area contributed by atoms with Crippen LogP contribution in [0.15, 0.2) is 79.1 Å². The number of methoxy groups -OCH3 is 3. The molecule has 274 valence electrons. The molecule has 3 unspecified atom stereocenters. The molecule has 4 aromatic rings. The Hall–Kier alpha value is -4.35. The lowest BCUT2D eigenvalue weighted by molar-refractivity contribution is -0.156. The van der Waals surface area contributed by atoms with Gasteiger partial charge in [-0.05, 0) is 78.7 Å². The maximum absolute atomic E-state index is 13.8. The van der Waals surface area contributed by atoms with Crippen LogP contribution in [0, 0.1) is 5.92 Å². The van der Waals surface area contributed by atoms with Crippen molar-refractivity contribution in [1.29, 1.82) is 0 Å². The number of piperidine rings is 2. The lowest BCUT2D eigenvalue weighted by atomic mass is 9.88. The summed E-state index contributed by atoms with van der Waals surface area (Å²) in [5, 5.41) is 4.11. The summed E-state index contributed by atoms with van der Waals surface area (Å²) in [5.74, 6) is 1.30. The molecular formula is C40H43Cl2N3O7. The van der Waals surface area contributed by atoms with Crippen LogP contribution in [0.3, 0.4) is 0 Å². The molecule has 12 heteroatoms. The van der Waals surface area contributed by atoms with Gasteiger partial charge in [-0.1, -0.05) is 59.6 Å². The number of fused-ring (bicyclic) bond motifs is 2. The van der Waals surface area contributed by atoms with Gasteiger partial charge in [0.25, 0.3) is 0 Å². The second kappa shape index (κ2) is 17.4. The first-order valence-corrected chi connectivity index (χ1v) is 18.1. The number of hydrogen-bond donors (Lipinski definition) is 1. The zero-order valence-electron chi connectivity index (χ0n) is 29.5. The largest absolute Gasteiger partial charge is 0.496 e. The van der Waals surface area contributed by atoms with Gasteiger partial charge in [0.15, 0.2) is 11.5 Å². The van der Waals surface area contributed by atoms with Crippen molar-refractivity contribution in [2.24, 2.45) is 5.92 Å². The molecule has 0 radical (unpaired) electrons. The van der Waals surface area contributed by atoms with Crippen molar-refractivity contribution < 1.29 is 33.3 Å². The predicted molar refractivity (Wildman–Crippen MR) is 198 cm³/mol. The van der Waals surface area contributed by atoms with Gasteiger partial charge >= 0.3 is 11.9 Å². The van der Waals surface area contributed by atoms with Crippen molar-refractivity contribution in [3.8, 4) is 17.2 Å². The number of carbonyl (C=O) groups excluding carboxylic acids is 2. The number of nitrogens with one attached hydrogen (secondary N) is 1. The number of aromatic nitrogens is 1. The Kier molecular flexibility index (Phi) is 12.5. The van der Waals surface area contributed by atoms with Crippen LogP contribution in [0.25, 0.3) is 0 Å². The van der Waals surface area contributed by atoms with Crippen molar-refractivity contribution >= 4 is 35.1 Å². The van der Waals surface area contributed by atoms with Gasteiger partial charge in [0.1, 0.15) is 24.0 Å². The number of nitrogens with zero attached hydrogens (tertiary/aromatic N) is 2. The molecule has 10 nitrogen and oxygen atoms in total. The summed E-state index contributed by atoms with van der Waals surface area (Å²) in [6, 6.07) is 19.1. The Morgan fingerprint density at radius 1 is 0.904 bits per heavy atom. The molecule has 52 heavy (non-hydrogen) atoms. The topological polar surface area (TPSA) is 108 Å². The molecule has 6 rings (SSSR count). The Balaban J connectivity index is 1.17. The molecule has 0 amide bonds. The van der Waals surface area contributed by atoms with Crippen LogP contribution in [0.2, 0.25) is 10.0 Å². The molecular weight excluding hydrogens is 705 g/mol. The van der Waals surface area contributed by atoms with Crippen LogP contribution in [0.5, 0.6) is 17.2 Å². The Labute approximate surface area is 314 Å². The molecule has 1 aromatic heterocycles. The second-order valence-corrected chi connectivity index (χ2v) is 13.9. The predicted octanol–water partition coefficient (Wildman–Crippen LogP) is 7.41. The van der Waals surface area contributed by atoms with Crippen molar-refractivity contribution in [2.45, 2.75) is 50.5 Å². The summed E-state index contributed by atoms with van der Waals surface area (Å²) in [5.41, 5.74) is 3.16. The highest BCUT2D eigenvalue weighted by Crippen LogP contribution is 2.36. The van der Waals surface area contributed by atoms with Gasteiger partial charge in [0, 0.05) is 44.0 Å². The standard InChI is InChI=1S/C40H43Cl2N3O7/c1-48-34-9-5-4-8-30(34)38(40(47)51-29-17-26-7-6-16-45(23-26)24-29)44-20-25-10-12-27(13-11-25)39(46)52-36(19-31-32(41)21-43-22-33(31)42)28-14-15-35(49-2)37(18-28)50-3/h4-5,8-15,18,21-22,26,29,36,38,44H,6-7,16-17,19-20,23-24H2,1-3H3/t26?,29-,36+,38?/m1/s1. The number of pyridine rings is 1. The van der Waals surface area contributed by atoms with Gasteiger partial charge in [-0.3, -0.25) is 15.2 Å².